The van der Waals surface area contributed by atoms with Gasteiger partial charge in [-0.3, -0.25) is 0 Å². The Balaban J connectivity index is 1.71. The monoisotopic (exact) mass is 377 g/mol. The Morgan fingerprint density at radius 3 is 1.59 bits per heavy atom. The zero-order chi connectivity index (χ0) is 18.9. The summed E-state index contributed by atoms with van der Waals surface area (Å²) in [5, 5.41) is 0. The molecule has 1 aliphatic heterocycles. The van der Waals surface area contributed by atoms with Crippen LogP contribution in [0.4, 0.5) is 0 Å². The molecule has 3 nitrogen and oxygen atoms in total. The van der Waals surface area contributed by atoms with Crippen molar-refractivity contribution in [1.82, 2.24) is 4.31 Å². The van der Waals surface area contributed by atoms with E-state index >= 15 is 0 Å². The van der Waals surface area contributed by atoms with Gasteiger partial charge < -0.3 is 0 Å². The van der Waals surface area contributed by atoms with E-state index in [9.17, 15) is 8.42 Å². The van der Waals surface area contributed by atoms with Crippen molar-refractivity contribution in [2.45, 2.75) is 23.7 Å². The van der Waals surface area contributed by atoms with Gasteiger partial charge in [-0.1, -0.05) is 78.4 Å². The molecule has 3 aromatic rings. The molecule has 1 aliphatic rings. The molecule has 2 atom stereocenters. The molecule has 0 saturated carbocycles. The summed E-state index contributed by atoms with van der Waals surface area (Å²) in [7, 11) is -3.50. The number of sulfonamides is 1. The summed E-state index contributed by atoms with van der Waals surface area (Å²) >= 11 is 0. The van der Waals surface area contributed by atoms with Gasteiger partial charge >= 0.3 is 0 Å². The molecule has 138 valence electrons. The van der Waals surface area contributed by atoms with Crippen LogP contribution in [0.2, 0.25) is 0 Å². The molecule has 0 aliphatic carbocycles. The maximum Gasteiger partial charge on any atom is 0.243 e. The molecule has 1 fully saturated rings. The van der Waals surface area contributed by atoms with E-state index in [-0.39, 0.29) is 11.8 Å². The highest BCUT2D eigenvalue weighted by atomic mass is 32.2. The average molecular weight is 378 g/mol. The van der Waals surface area contributed by atoms with Crippen LogP contribution >= 0.6 is 0 Å². The van der Waals surface area contributed by atoms with Crippen molar-refractivity contribution in [3.63, 3.8) is 0 Å². The highest BCUT2D eigenvalue weighted by Gasteiger charge is 2.40. The van der Waals surface area contributed by atoms with Crippen molar-refractivity contribution >= 4 is 10.0 Å². The summed E-state index contributed by atoms with van der Waals surface area (Å²) in [6, 6.07) is 27.6. The predicted molar refractivity (Wildman–Crippen MR) is 108 cm³/mol. The molecule has 0 radical (unpaired) electrons. The minimum atomic E-state index is -3.50. The Hall–Kier alpha value is -2.43. The summed E-state index contributed by atoms with van der Waals surface area (Å²) in [5.74, 6) is 0.294. The molecule has 0 unspecified atom stereocenters. The summed E-state index contributed by atoms with van der Waals surface area (Å²) in [6.07, 6.45) is 0. The molecule has 1 saturated heterocycles. The van der Waals surface area contributed by atoms with Crippen LogP contribution in [0.1, 0.15) is 28.5 Å². The number of aryl methyl sites for hydroxylation is 1. The van der Waals surface area contributed by atoms with Crippen LogP contribution in [0.25, 0.3) is 0 Å². The normalized spacial score (nSPS) is 20.6. The van der Waals surface area contributed by atoms with E-state index in [0.717, 1.165) is 5.56 Å². The van der Waals surface area contributed by atoms with E-state index in [4.69, 9.17) is 0 Å². The van der Waals surface area contributed by atoms with E-state index in [1.807, 2.05) is 55.5 Å². The first-order valence-corrected chi connectivity index (χ1v) is 10.7. The van der Waals surface area contributed by atoms with Crippen molar-refractivity contribution in [2.24, 2.45) is 0 Å². The number of hydrogen-bond donors (Lipinski definition) is 0. The first-order valence-electron chi connectivity index (χ1n) is 9.22. The Morgan fingerprint density at radius 1 is 0.704 bits per heavy atom. The van der Waals surface area contributed by atoms with Crippen LogP contribution in [0.15, 0.2) is 89.8 Å². The van der Waals surface area contributed by atoms with Gasteiger partial charge in [-0.2, -0.15) is 4.31 Å². The zero-order valence-electron chi connectivity index (χ0n) is 15.3. The molecule has 4 heteroatoms. The average Bonchev–Trinajstić information content (AvgIpc) is 3.16. The quantitative estimate of drug-likeness (QED) is 0.668. The van der Waals surface area contributed by atoms with Gasteiger partial charge in [-0.15, -0.1) is 0 Å². The van der Waals surface area contributed by atoms with Crippen molar-refractivity contribution in [3.05, 3.63) is 102 Å². The topological polar surface area (TPSA) is 37.4 Å². The van der Waals surface area contributed by atoms with E-state index in [1.54, 1.807) is 16.4 Å². The molecule has 27 heavy (non-hydrogen) atoms. The Morgan fingerprint density at radius 2 is 1.15 bits per heavy atom. The fraction of sp³-hybridized carbons (Fsp3) is 0.217. The lowest BCUT2D eigenvalue weighted by molar-refractivity contribution is 0.470. The lowest BCUT2D eigenvalue weighted by Crippen LogP contribution is -2.29. The maximum atomic E-state index is 13.2. The minimum Gasteiger partial charge on any atom is -0.207 e. The SMILES string of the molecule is Cc1ccc(S(=O)(=O)N2C[C@H](c3ccccc3)[C@@H](c3ccccc3)C2)cc1. The van der Waals surface area contributed by atoms with Gasteiger partial charge in [-0.05, 0) is 30.2 Å². The van der Waals surface area contributed by atoms with Gasteiger partial charge in [0.15, 0.2) is 0 Å². The van der Waals surface area contributed by atoms with Crippen LogP contribution in [0.3, 0.4) is 0 Å². The minimum absolute atomic E-state index is 0.147. The smallest absolute Gasteiger partial charge is 0.207 e. The van der Waals surface area contributed by atoms with Gasteiger partial charge in [0.05, 0.1) is 4.90 Å². The molecular formula is C23H23NO2S. The Bertz CT molecular complexity index is 952. The Kier molecular flexibility index (Phi) is 4.85. The van der Waals surface area contributed by atoms with Gasteiger partial charge in [-0.25, -0.2) is 8.42 Å². The molecule has 0 N–H and O–H groups in total. The van der Waals surface area contributed by atoms with Crippen LogP contribution < -0.4 is 0 Å². The van der Waals surface area contributed by atoms with E-state index < -0.39 is 10.0 Å². The number of rotatable bonds is 4. The van der Waals surface area contributed by atoms with E-state index in [0.29, 0.717) is 18.0 Å². The lowest BCUT2D eigenvalue weighted by Gasteiger charge is -2.19. The third kappa shape index (κ3) is 3.55. The molecule has 3 aromatic carbocycles. The number of nitrogens with zero attached hydrogens (tertiary/aromatic N) is 1. The van der Waals surface area contributed by atoms with Gasteiger partial charge in [0.1, 0.15) is 0 Å². The van der Waals surface area contributed by atoms with E-state index in [1.165, 1.54) is 11.1 Å². The second kappa shape index (κ2) is 7.29. The van der Waals surface area contributed by atoms with Crippen molar-refractivity contribution < 1.29 is 8.42 Å². The number of benzene rings is 3. The highest BCUT2D eigenvalue weighted by Crippen LogP contribution is 2.41. The predicted octanol–water partition coefficient (Wildman–Crippen LogP) is 4.57. The maximum absolute atomic E-state index is 13.2. The van der Waals surface area contributed by atoms with Crippen LogP contribution in [0.5, 0.6) is 0 Å². The summed E-state index contributed by atoms with van der Waals surface area (Å²) in [5.41, 5.74) is 3.43. The van der Waals surface area contributed by atoms with Gasteiger partial charge in [0, 0.05) is 24.9 Å². The third-order valence-electron chi connectivity index (χ3n) is 5.40. The summed E-state index contributed by atoms with van der Waals surface area (Å²) in [6.45, 7) is 2.96. The van der Waals surface area contributed by atoms with Crippen molar-refractivity contribution in [1.29, 1.82) is 0 Å². The standard InChI is InChI=1S/C23H23NO2S/c1-18-12-14-21(15-13-18)27(25,26)24-16-22(19-8-4-2-5-9-19)23(17-24)20-10-6-3-7-11-20/h2-15,22-23H,16-17H2,1H3/t22-,23-/m1/s1. The molecule has 4 rings (SSSR count). The first-order chi connectivity index (χ1) is 13.1. The van der Waals surface area contributed by atoms with Gasteiger partial charge in [0.2, 0.25) is 10.0 Å². The fourth-order valence-electron chi connectivity index (χ4n) is 3.90. The van der Waals surface area contributed by atoms with Crippen LogP contribution in [-0.4, -0.2) is 25.8 Å². The first kappa shape index (κ1) is 18.0. The molecule has 0 amide bonds. The van der Waals surface area contributed by atoms with Crippen LogP contribution in [0, 0.1) is 6.92 Å². The summed E-state index contributed by atoms with van der Waals surface area (Å²) < 4.78 is 28.1. The zero-order valence-corrected chi connectivity index (χ0v) is 16.1. The van der Waals surface area contributed by atoms with Gasteiger partial charge in [0.25, 0.3) is 0 Å². The molecule has 1 heterocycles. The molecule has 0 aromatic heterocycles. The Labute approximate surface area is 161 Å². The van der Waals surface area contributed by atoms with Crippen molar-refractivity contribution in [2.75, 3.05) is 13.1 Å². The van der Waals surface area contributed by atoms with Crippen LogP contribution in [-0.2, 0) is 10.0 Å². The largest absolute Gasteiger partial charge is 0.243 e. The lowest BCUT2D eigenvalue weighted by atomic mass is 9.84. The van der Waals surface area contributed by atoms with Crippen molar-refractivity contribution in [3.8, 4) is 0 Å². The molecule has 0 bridgehead atoms. The second-order valence-electron chi connectivity index (χ2n) is 7.17. The molecular weight excluding hydrogens is 354 g/mol. The second-order valence-corrected chi connectivity index (χ2v) is 9.11. The molecule has 0 spiro atoms. The third-order valence-corrected chi connectivity index (χ3v) is 7.25. The fourth-order valence-corrected chi connectivity index (χ4v) is 5.39. The number of hydrogen-bond acceptors (Lipinski definition) is 2. The highest BCUT2D eigenvalue weighted by molar-refractivity contribution is 7.89. The summed E-state index contributed by atoms with van der Waals surface area (Å²) in [4.78, 5) is 0.369. The van der Waals surface area contributed by atoms with E-state index in [2.05, 4.69) is 24.3 Å².